The van der Waals surface area contributed by atoms with Crippen molar-refractivity contribution < 1.29 is 33.0 Å². The molecule has 2 unspecified atom stereocenters. The minimum atomic E-state index is -1.03. The van der Waals surface area contributed by atoms with Crippen molar-refractivity contribution in [1.82, 2.24) is 4.90 Å². The second-order valence-electron chi connectivity index (χ2n) is 6.80. The van der Waals surface area contributed by atoms with Crippen molar-refractivity contribution in [1.29, 1.82) is 0 Å². The van der Waals surface area contributed by atoms with Crippen LogP contribution in [0.1, 0.15) is 31.9 Å². The van der Waals surface area contributed by atoms with E-state index in [2.05, 4.69) is 0 Å². The van der Waals surface area contributed by atoms with Gasteiger partial charge in [0.2, 0.25) is 0 Å². The van der Waals surface area contributed by atoms with Crippen molar-refractivity contribution in [3.05, 3.63) is 23.7 Å². The van der Waals surface area contributed by atoms with Crippen LogP contribution in [-0.4, -0.2) is 54.8 Å². The summed E-state index contributed by atoms with van der Waals surface area (Å²) in [6.45, 7) is 5.12. The van der Waals surface area contributed by atoms with E-state index in [9.17, 15) is 14.4 Å². The Bertz CT molecular complexity index is 618. The van der Waals surface area contributed by atoms with Crippen LogP contribution in [0, 0.1) is 0 Å². The smallest absolute Gasteiger partial charge is 0.411 e. The summed E-state index contributed by atoms with van der Waals surface area (Å²) < 4.78 is 20.3. The zero-order chi connectivity index (χ0) is 18.8. The Kier molecular flexibility index (Phi) is 5.39. The maximum atomic E-state index is 12.8. The molecule has 1 aromatic rings. The van der Waals surface area contributed by atoms with E-state index in [1.54, 1.807) is 20.8 Å². The number of nitrogens with zero attached hydrogens (tertiary/aromatic N) is 1. The molecule has 0 spiro atoms. The summed E-state index contributed by atoms with van der Waals surface area (Å²) in [5, 5.41) is 0. The summed E-state index contributed by atoms with van der Waals surface area (Å²) in [6, 6.07) is -2.05. The fraction of sp³-hybridized carbons (Fsp3) is 0.588. The molecule has 0 fully saturated rings. The average molecular weight is 353 g/mol. The second-order valence-corrected chi connectivity index (χ2v) is 6.80. The predicted molar refractivity (Wildman–Crippen MR) is 85.8 cm³/mol. The van der Waals surface area contributed by atoms with Crippen molar-refractivity contribution in [2.75, 3.05) is 14.2 Å². The van der Waals surface area contributed by atoms with Crippen molar-refractivity contribution in [2.24, 2.45) is 0 Å². The van der Waals surface area contributed by atoms with Gasteiger partial charge in [-0.05, 0) is 31.9 Å². The number of rotatable bonds is 2. The lowest BCUT2D eigenvalue weighted by Gasteiger charge is -2.34. The molecule has 0 bridgehead atoms. The quantitative estimate of drug-likeness (QED) is 0.590. The van der Waals surface area contributed by atoms with Gasteiger partial charge >= 0.3 is 18.0 Å². The van der Waals surface area contributed by atoms with E-state index < -0.39 is 35.7 Å². The molecule has 1 aliphatic rings. The molecule has 0 radical (unpaired) electrons. The highest BCUT2D eigenvalue weighted by Crippen LogP contribution is 2.28. The number of fused-ring (bicyclic) bond motifs is 1. The maximum Gasteiger partial charge on any atom is 0.411 e. The topological polar surface area (TPSA) is 95.3 Å². The molecule has 25 heavy (non-hydrogen) atoms. The Hall–Kier alpha value is -2.51. The van der Waals surface area contributed by atoms with Gasteiger partial charge in [-0.1, -0.05) is 0 Å². The molecule has 1 aliphatic heterocycles. The van der Waals surface area contributed by atoms with E-state index in [4.69, 9.17) is 18.6 Å². The standard InChI is InChI=1S/C17H23NO7/c1-17(2,3)25-16(21)18-12(14(19)22-4)6-10-8-24-9-11(10)7-13(18)15(20)23-5/h8-9,12-13H,6-7H2,1-5H3. The second kappa shape index (κ2) is 7.16. The minimum absolute atomic E-state index is 0.158. The number of methoxy groups -OCH3 is 2. The first-order chi connectivity index (χ1) is 11.7. The van der Waals surface area contributed by atoms with Crippen LogP contribution in [-0.2, 0) is 36.6 Å². The number of amides is 1. The predicted octanol–water partition coefficient (Wildman–Crippen LogP) is 1.70. The zero-order valence-corrected chi connectivity index (χ0v) is 15.0. The lowest BCUT2D eigenvalue weighted by atomic mass is 10.0. The first kappa shape index (κ1) is 18.8. The summed E-state index contributed by atoms with van der Waals surface area (Å²) in [5.41, 5.74) is 0.674. The van der Waals surface area contributed by atoms with Crippen LogP contribution in [0.3, 0.4) is 0 Å². The number of carbonyl (C=O) groups excluding carboxylic acids is 3. The van der Waals surface area contributed by atoms with E-state index in [-0.39, 0.29) is 12.8 Å². The van der Waals surface area contributed by atoms with E-state index in [0.29, 0.717) is 0 Å². The van der Waals surface area contributed by atoms with Crippen LogP contribution in [0.2, 0.25) is 0 Å². The zero-order valence-electron chi connectivity index (χ0n) is 15.0. The van der Waals surface area contributed by atoms with E-state index >= 15 is 0 Å². The third-order valence-electron chi connectivity index (χ3n) is 3.88. The first-order valence-electron chi connectivity index (χ1n) is 7.89. The van der Waals surface area contributed by atoms with Crippen LogP contribution in [0.5, 0.6) is 0 Å². The average Bonchev–Trinajstić information content (AvgIpc) is 2.90. The normalized spacial score (nSPS) is 20.3. The molecule has 2 heterocycles. The molecule has 2 atom stereocenters. The van der Waals surface area contributed by atoms with Crippen LogP contribution in [0.4, 0.5) is 4.79 Å². The van der Waals surface area contributed by atoms with Crippen molar-refractivity contribution >= 4 is 18.0 Å². The number of carbonyl (C=O) groups is 3. The highest BCUT2D eigenvalue weighted by atomic mass is 16.6. The highest BCUT2D eigenvalue weighted by Gasteiger charge is 2.45. The Labute approximate surface area is 146 Å². The Morgan fingerprint density at radius 1 is 1.00 bits per heavy atom. The van der Waals surface area contributed by atoms with Gasteiger partial charge in [0.05, 0.1) is 26.7 Å². The molecule has 1 aromatic heterocycles. The van der Waals surface area contributed by atoms with Gasteiger partial charge in [-0.2, -0.15) is 0 Å². The monoisotopic (exact) mass is 353 g/mol. The maximum absolute atomic E-state index is 12.8. The van der Waals surface area contributed by atoms with Crippen molar-refractivity contribution in [3.63, 3.8) is 0 Å². The summed E-state index contributed by atoms with van der Waals surface area (Å²) in [4.78, 5) is 38.5. The highest BCUT2D eigenvalue weighted by molar-refractivity contribution is 5.87. The molecular weight excluding hydrogens is 330 g/mol. The lowest BCUT2D eigenvalue weighted by molar-refractivity contribution is -0.153. The lowest BCUT2D eigenvalue weighted by Crippen LogP contribution is -2.56. The van der Waals surface area contributed by atoms with Crippen molar-refractivity contribution in [2.45, 2.75) is 51.3 Å². The Morgan fingerprint density at radius 2 is 1.44 bits per heavy atom. The number of hydrogen-bond acceptors (Lipinski definition) is 7. The van der Waals surface area contributed by atoms with E-state index in [0.717, 1.165) is 16.0 Å². The number of ether oxygens (including phenoxy) is 3. The third-order valence-corrected chi connectivity index (χ3v) is 3.88. The Balaban J connectivity index is 2.49. The molecular formula is C17H23NO7. The molecule has 0 saturated carbocycles. The molecule has 0 aliphatic carbocycles. The van der Waals surface area contributed by atoms with Crippen LogP contribution < -0.4 is 0 Å². The van der Waals surface area contributed by atoms with Crippen LogP contribution in [0.25, 0.3) is 0 Å². The number of hydrogen-bond donors (Lipinski definition) is 0. The van der Waals surface area contributed by atoms with E-state index in [1.807, 2.05) is 0 Å². The van der Waals surface area contributed by atoms with Gasteiger partial charge in [-0.3, -0.25) is 4.90 Å². The van der Waals surface area contributed by atoms with Gasteiger partial charge in [0.1, 0.15) is 17.7 Å². The Morgan fingerprint density at radius 3 is 1.80 bits per heavy atom. The molecule has 0 aromatic carbocycles. The van der Waals surface area contributed by atoms with Gasteiger partial charge in [0, 0.05) is 12.8 Å². The van der Waals surface area contributed by atoms with Gasteiger partial charge in [-0.25, -0.2) is 14.4 Å². The SMILES string of the molecule is COC(=O)C1Cc2cocc2CC(C(=O)OC)N1C(=O)OC(C)(C)C. The first-order valence-corrected chi connectivity index (χ1v) is 7.89. The van der Waals surface area contributed by atoms with Gasteiger partial charge in [0.15, 0.2) is 0 Å². The number of furan rings is 1. The van der Waals surface area contributed by atoms with E-state index in [1.165, 1.54) is 26.7 Å². The fourth-order valence-corrected chi connectivity index (χ4v) is 2.77. The van der Waals surface area contributed by atoms with Gasteiger partial charge in [-0.15, -0.1) is 0 Å². The van der Waals surface area contributed by atoms with Crippen LogP contribution >= 0.6 is 0 Å². The molecule has 138 valence electrons. The largest absolute Gasteiger partial charge is 0.472 e. The summed E-state index contributed by atoms with van der Waals surface area (Å²) in [5.74, 6) is -1.29. The fourth-order valence-electron chi connectivity index (χ4n) is 2.77. The van der Waals surface area contributed by atoms with Crippen LogP contribution in [0.15, 0.2) is 16.9 Å². The minimum Gasteiger partial charge on any atom is -0.472 e. The van der Waals surface area contributed by atoms with Gasteiger partial charge in [0.25, 0.3) is 0 Å². The molecule has 2 rings (SSSR count). The molecule has 8 nitrogen and oxygen atoms in total. The summed E-state index contributed by atoms with van der Waals surface area (Å²) >= 11 is 0. The van der Waals surface area contributed by atoms with Gasteiger partial charge < -0.3 is 18.6 Å². The number of esters is 2. The summed E-state index contributed by atoms with van der Waals surface area (Å²) in [6.07, 6.45) is 2.53. The summed E-state index contributed by atoms with van der Waals surface area (Å²) in [7, 11) is 2.45. The molecule has 0 N–H and O–H groups in total. The third kappa shape index (κ3) is 4.12. The molecule has 8 heteroatoms. The molecule has 1 amide bonds. The van der Waals surface area contributed by atoms with Crippen molar-refractivity contribution in [3.8, 4) is 0 Å². The molecule has 0 saturated heterocycles.